The van der Waals surface area contributed by atoms with Crippen LogP contribution in [0.4, 0.5) is 5.69 Å². The van der Waals surface area contributed by atoms with Gasteiger partial charge in [-0.25, -0.2) is 4.68 Å². The van der Waals surface area contributed by atoms with Gasteiger partial charge in [0.05, 0.1) is 29.9 Å². The van der Waals surface area contributed by atoms with Gasteiger partial charge in [0.15, 0.2) is 0 Å². The Kier molecular flexibility index (Phi) is 4.27. The minimum absolute atomic E-state index is 0.0815. The maximum absolute atomic E-state index is 9.48. The molecule has 0 fully saturated rings. The smallest absolute Gasteiger partial charge is 0.106 e. The first-order valence-electron chi connectivity index (χ1n) is 6.96. The third-order valence-electron chi connectivity index (χ3n) is 3.13. The molecule has 0 saturated carbocycles. The van der Waals surface area contributed by atoms with Gasteiger partial charge >= 0.3 is 0 Å². The van der Waals surface area contributed by atoms with Crippen molar-refractivity contribution in [3.8, 4) is 5.69 Å². The number of aromatic nitrogens is 2. The predicted molar refractivity (Wildman–Crippen MR) is 87.1 cm³/mol. The van der Waals surface area contributed by atoms with Crippen molar-refractivity contribution >= 4 is 11.9 Å². The van der Waals surface area contributed by atoms with Crippen molar-refractivity contribution in [1.29, 1.82) is 0 Å². The van der Waals surface area contributed by atoms with Crippen LogP contribution >= 0.6 is 0 Å². The molecule has 3 aromatic rings. The Hall–Kier alpha value is -2.92. The van der Waals surface area contributed by atoms with Crippen LogP contribution in [-0.2, 0) is 6.61 Å². The van der Waals surface area contributed by atoms with Crippen molar-refractivity contribution in [2.45, 2.75) is 6.61 Å². The number of aliphatic hydroxyl groups excluding tert-OH is 1. The Balaban J connectivity index is 1.79. The van der Waals surface area contributed by atoms with Crippen molar-refractivity contribution in [2.24, 2.45) is 5.10 Å². The fourth-order valence-corrected chi connectivity index (χ4v) is 2.09. The Morgan fingerprint density at radius 2 is 1.73 bits per heavy atom. The summed E-state index contributed by atoms with van der Waals surface area (Å²) in [5.41, 5.74) is 6.14. The molecule has 110 valence electrons. The van der Waals surface area contributed by atoms with Crippen LogP contribution < -0.4 is 5.43 Å². The molecule has 0 atom stereocenters. The van der Waals surface area contributed by atoms with Gasteiger partial charge in [-0.15, -0.1) is 0 Å². The van der Waals surface area contributed by atoms with E-state index in [1.165, 1.54) is 0 Å². The van der Waals surface area contributed by atoms with Gasteiger partial charge in [-0.2, -0.15) is 10.2 Å². The summed E-state index contributed by atoms with van der Waals surface area (Å²) in [5, 5.41) is 18.1. The van der Waals surface area contributed by atoms with Gasteiger partial charge in [-0.3, -0.25) is 5.43 Å². The molecule has 0 aliphatic carbocycles. The highest BCUT2D eigenvalue weighted by atomic mass is 16.3. The topological polar surface area (TPSA) is 62.4 Å². The Morgan fingerprint density at radius 1 is 1.05 bits per heavy atom. The molecule has 5 heteroatoms. The summed E-state index contributed by atoms with van der Waals surface area (Å²) in [6, 6.07) is 21.2. The number of aliphatic hydroxyl groups is 1. The summed E-state index contributed by atoms with van der Waals surface area (Å²) >= 11 is 0. The Labute approximate surface area is 128 Å². The van der Waals surface area contributed by atoms with Gasteiger partial charge in [-0.05, 0) is 30.3 Å². The largest absolute Gasteiger partial charge is 0.390 e. The van der Waals surface area contributed by atoms with E-state index in [-0.39, 0.29) is 6.61 Å². The SMILES string of the molecule is OCc1cc(C=NNc2ccccc2)nn1-c1ccccc1. The first kappa shape index (κ1) is 14.0. The zero-order valence-corrected chi connectivity index (χ0v) is 11.9. The van der Waals surface area contributed by atoms with Crippen molar-refractivity contribution in [1.82, 2.24) is 9.78 Å². The summed E-state index contributed by atoms with van der Waals surface area (Å²) in [4.78, 5) is 0. The number of hydrazone groups is 1. The molecular formula is C17H16N4O. The molecule has 0 saturated heterocycles. The van der Waals surface area contributed by atoms with E-state index in [2.05, 4.69) is 15.6 Å². The maximum Gasteiger partial charge on any atom is 0.106 e. The minimum atomic E-state index is -0.0815. The second kappa shape index (κ2) is 6.69. The van der Waals surface area contributed by atoms with E-state index in [0.717, 1.165) is 11.4 Å². The normalized spacial score (nSPS) is 11.0. The molecule has 2 N–H and O–H groups in total. The Bertz CT molecular complexity index is 751. The van der Waals surface area contributed by atoms with Crippen LogP contribution in [0, 0.1) is 0 Å². The van der Waals surface area contributed by atoms with Crippen molar-refractivity contribution in [3.63, 3.8) is 0 Å². The van der Waals surface area contributed by atoms with Gasteiger partial charge in [-0.1, -0.05) is 36.4 Å². The number of benzene rings is 2. The summed E-state index contributed by atoms with van der Waals surface area (Å²) in [6.07, 6.45) is 1.63. The number of rotatable bonds is 5. The molecule has 0 spiro atoms. The number of nitrogens with one attached hydrogen (secondary N) is 1. The van der Waals surface area contributed by atoms with E-state index in [0.29, 0.717) is 11.4 Å². The van der Waals surface area contributed by atoms with Crippen molar-refractivity contribution in [2.75, 3.05) is 5.43 Å². The number of hydrogen-bond acceptors (Lipinski definition) is 4. The summed E-state index contributed by atoms with van der Waals surface area (Å²) in [5.74, 6) is 0. The molecular weight excluding hydrogens is 276 g/mol. The highest BCUT2D eigenvalue weighted by Crippen LogP contribution is 2.12. The summed E-state index contributed by atoms with van der Waals surface area (Å²) < 4.78 is 1.71. The molecule has 22 heavy (non-hydrogen) atoms. The maximum atomic E-state index is 9.48. The zero-order chi connectivity index (χ0) is 15.2. The Morgan fingerprint density at radius 3 is 2.41 bits per heavy atom. The second-order valence-electron chi connectivity index (χ2n) is 4.70. The number of hydrogen-bond donors (Lipinski definition) is 2. The van der Waals surface area contributed by atoms with E-state index < -0.39 is 0 Å². The van der Waals surface area contributed by atoms with Crippen molar-refractivity contribution < 1.29 is 5.11 Å². The molecule has 0 amide bonds. The molecule has 5 nitrogen and oxygen atoms in total. The van der Waals surface area contributed by atoms with Crippen LogP contribution in [0.2, 0.25) is 0 Å². The lowest BCUT2D eigenvalue weighted by molar-refractivity contribution is 0.273. The molecule has 0 radical (unpaired) electrons. The monoisotopic (exact) mass is 292 g/mol. The van der Waals surface area contributed by atoms with Gasteiger partial charge in [0.2, 0.25) is 0 Å². The van der Waals surface area contributed by atoms with Gasteiger partial charge in [0.1, 0.15) is 5.69 Å². The lowest BCUT2D eigenvalue weighted by Gasteiger charge is -2.04. The third-order valence-corrected chi connectivity index (χ3v) is 3.13. The van der Waals surface area contributed by atoms with Crippen LogP contribution in [0.5, 0.6) is 0 Å². The van der Waals surface area contributed by atoms with E-state index in [9.17, 15) is 5.11 Å². The lowest BCUT2D eigenvalue weighted by atomic mass is 10.3. The number of anilines is 1. The summed E-state index contributed by atoms with van der Waals surface area (Å²) in [7, 11) is 0. The fraction of sp³-hybridized carbons (Fsp3) is 0.0588. The van der Waals surface area contributed by atoms with E-state index in [1.807, 2.05) is 66.7 Å². The molecule has 0 unspecified atom stereocenters. The average molecular weight is 292 g/mol. The lowest BCUT2D eigenvalue weighted by Crippen LogP contribution is -2.02. The van der Waals surface area contributed by atoms with Gasteiger partial charge in [0, 0.05) is 0 Å². The number of para-hydroxylation sites is 2. The molecule has 3 rings (SSSR count). The average Bonchev–Trinajstić information content (AvgIpc) is 3.00. The van der Waals surface area contributed by atoms with E-state index in [1.54, 1.807) is 10.9 Å². The van der Waals surface area contributed by atoms with Gasteiger partial charge in [0.25, 0.3) is 0 Å². The fourth-order valence-electron chi connectivity index (χ4n) is 2.09. The van der Waals surface area contributed by atoms with E-state index in [4.69, 9.17) is 0 Å². The molecule has 2 aromatic carbocycles. The van der Waals surface area contributed by atoms with Crippen LogP contribution in [-0.4, -0.2) is 21.1 Å². The number of nitrogens with zero attached hydrogens (tertiary/aromatic N) is 3. The zero-order valence-electron chi connectivity index (χ0n) is 11.9. The van der Waals surface area contributed by atoms with Crippen molar-refractivity contribution in [3.05, 3.63) is 78.1 Å². The highest BCUT2D eigenvalue weighted by molar-refractivity contribution is 5.78. The molecule has 0 aliphatic rings. The summed E-state index contributed by atoms with van der Waals surface area (Å²) in [6.45, 7) is -0.0815. The van der Waals surface area contributed by atoms with Crippen LogP contribution in [0.3, 0.4) is 0 Å². The second-order valence-corrected chi connectivity index (χ2v) is 4.70. The molecule has 1 aromatic heterocycles. The molecule has 0 aliphatic heterocycles. The standard InChI is InChI=1S/C17H16N4O/c22-13-17-11-15(12-18-19-14-7-3-1-4-8-14)20-21(17)16-9-5-2-6-10-16/h1-12,19,22H,13H2. The minimum Gasteiger partial charge on any atom is -0.390 e. The first-order valence-corrected chi connectivity index (χ1v) is 6.96. The third kappa shape index (κ3) is 3.21. The predicted octanol–water partition coefficient (Wildman–Crippen LogP) is 2.81. The molecule has 0 bridgehead atoms. The first-order chi connectivity index (χ1) is 10.9. The van der Waals surface area contributed by atoms with Crippen LogP contribution in [0.1, 0.15) is 11.4 Å². The van der Waals surface area contributed by atoms with Crippen LogP contribution in [0.25, 0.3) is 5.69 Å². The highest BCUT2D eigenvalue weighted by Gasteiger charge is 2.07. The quantitative estimate of drug-likeness (QED) is 0.561. The van der Waals surface area contributed by atoms with Gasteiger partial charge < -0.3 is 5.11 Å². The van der Waals surface area contributed by atoms with Crippen LogP contribution in [0.15, 0.2) is 71.8 Å². The molecule has 1 heterocycles. The van der Waals surface area contributed by atoms with E-state index >= 15 is 0 Å².